The zero-order valence-corrected chi connectivity index (χ0v) is 9.90. The molecule has 0 fully saturated rings. The fourth-order valence-electron chi connectivity index (χ4n) is 2.22. The molecule has 2 nitrogen and oxygen atoms in total. The number of hydrogen-bond acceptors (Lipinski definition) is 2. The van der Waals surface area contributed by atoms with Gasteiger partial charge in [0.25, 0.3) is 0 Å². The molecule has 0 aliphatic heterocycles. The number of hydrogen-bond donors (Lipinski definition) is 0. The summed E-state index contributed by atoms with van der Waals surface area (Å²) in [6.07, 6.45) is 1.90. The molecule has 0 radical (unpaired) electrons. The number of pyridine rings is 1. The van der Waals surface area contributed by atoms with Crippen LogP contribution in [0.25, 0.3) is 21.7 Å². The Balaban J connectivity index is 2.51. The highest BCUT2D eigenvalue weighted by Gasteiger charge is 2.05. The van der Waals surface area contributed by atoms with Gasteiger partial charge >= 0.3 is 0 Å². The first-order chi connectivity index (χ1) is 8.29. The number of methoxy groups -OCH3 is 1. The second kappa shape index (κ2) is 3.74. The summed E-state index contributed by atoms with van der Waals surface area (Å²) in [4.78, 5) is 4.45. The Labute approximate surface area is 99.9 Å². The van der Waals surface area contributed by atoms with Gasteiger partial charge in [-0.2, -0.15) is 0 Å². The van der Waals surface area contributed by atoms with Gasteiger partial charge in [-0.1, -0.05) is 12.1 Å². The van der Waals surface area contributed by atoms with Crippen LogP contribution in [0.15, 0.2) is 42.6 Å². The van der Waals surface area contributed by atoms with Crippen LogP contribution in [0.1, 0.15) is 5.56 Å². The van der Waals surface area contributed by atoms with Crippen molar-refractivity contribution in [3.63, 3.8) is 0 Å². The van der Waals surface area contributed by atoms with Crippen molar-refractivity contribution in [1.29, 1.82) is 0 Å². The molecule has 0 bridgehead atoms. The largest absolute Gasteiger partial charge is 0.496 e. The van der Waals surface area contributed by atoms with Gasteiger partial charge in [-0.05, 0) is 42.1 Å². The molecule has 0 saturated carbocycles. The highest BCUT2D eigenvalue weighted by molar-refractivity contribution is 6.08. The summed E-state index contributed by atoms with van der Waals surface area (Å²) in [7, 11) is 1.70. The van der Waals surface area contributed by atoms with Crippen molar-refractivity contribution in [2.45, 2.75) is 6.92 Å². The second-order valence-corrected chi connectivity index (χ2v) is 4.20. The first kappa shape index (κ1) is 10.1. The summed E-state index contributed by atoms with van der Waals surface area (Å²) in [6.45, 7) is 2.06. The standard InChI is InChI=1S/C15H13NO/c1-10-8-13-11-4-3-5-15(17-2)12(11)6-7-14(13)16-9-10/h3-9H,1-2H3. The minimum absolute atomic E-state index is 0.908. The highest BCUT2D eigenvalue weighted by atomic mass is 16.5. The molecule has 1 aromatic heterocycles. The molecular formula is C15H13NO. The lowest BCUT2D eigenvalue weighted by Crippen LogP contribution is -1.87. The average molecular weight is 223 g/mol. The van der Waals surface area contributed by atoms with E-state index in [2.05, 4.69) is 30.1 Å². The first-order valence-corrected chi connectivity index (χ1v) is 5.61. The Morgan fingerprint density at radius 3 is 2.71 bits per heavy atom. The van der Waals surface area contributed by atoms with Crippen LogP contribution in [0.2, 0.25) is 0 Å². The number of ether oxygens (including phenoxy) is 1. The van der Waals surface area contributed by atoms with Crippen molar-refractivity contribution in [1.82, 2.24) is 4.98 Å². The molecule has 84 valence electrons. The van der Waals surface area contributed by atoms with E-state index in [0.717, 1.165) is 16.7 Å². The van der Waals surface area contributed by atoms with Gasteiger partial charge in [0.05, 0.1) is 12.6 Å². The van der Waals surface area contributed by atoms with E-state index in [-0.39, 0.29) is 0 Å². The first-order valence-electron chi connectivity index (χ1n) is 5.61. The molecule has 1 heterocycles. The van der Waals surface area contributed by atoms with Crippen molar-refractivity contribution >= 4 is 21.7 Å². The number of benzene rings is 2. The van der Waals surface area contributed by atoms with Crippen LogP contribution in [0.5, 0.6) is 5.75 Å². The SMILES string of the molecule is COc1cccc2c1ccc1ncc(C)cc12. The summed E-state index contributed by atoms with van der Waals surface area (Å²) in [6, 6.07) is 12.4. The molecule has 0 amide bonds. The predicted octanol–water partition coefficient (Wildman–Crippen LogP) is 3.71. The number of aromatic nitrogens is 1. The Kier molecular flexibility index (Phi) is 2.22. The van der Waals surface area contributed by atoms with Crippen molar-refractivity contribution in [3.05, 3.63) is 48.2 Å². The highest BCUT2D eigenvalue weighted by Crippen LogP contribution is 2.30. The number of rotatable bonds is 1. The van der Waals surface area contributed by atoms with Gasteiger partial charge in [-0.25, -0.2) is 0 Å². The molecule has 3 rings (SSSR count). The van der Waals surface area contributed by atoms with Gasteiger partial charge in [0.15, 0.2) is 0 Å². The van der Waals surface area contributed by atoms with Crippen LogP contribution in [0.4, 0.5) is 0 Å². The summed E-state index contributed by atoms with van der Waals surface area (Å²) in [5, 5.41) is 3.51. The Bertz CT molecular complexity index is 704. The van der Waals surface area contributed by atoms with Gasteiger partial charge in [-0.15, -0.1) is 0 Å². The Morgan fingerprint density at radius 1 is 1.00 bits per heavy atom. The van der Waals surface area contributed by atoms with E-state index in [1.807, 2.05) is 24.4 Å². The molecular weight excluding hydrogens is 210 g/mol. The number of fused-ring (bicyclic) bond motifs is 3. The smallest absolute Gasteiger partial charge is 0.126 e. The van der Waals surface area contributed by atoms with Crippen LogP contribution >= 0.6 is 0 Å². The summed E-state index contributed by atoms with van der Waals surface area (Å²) >= 11 is 0. The lowest BCUT2D eigenvalue weighted by molar-refractivity contribution is 0.420. The monoisotopic (exact) mass is 223 g/mol. The van der Waals surface area contributed by atoms with Gasteiger partial charge in [-0.3, -0.25) is 4.98 Å². The van der Waals surface area contributed by atoms with Crippen LogP contribution in [-0.4, -0.2) is 12.1 Å². The van der Waals surface area contributed by atoms with E-state index in [9.17, 15) is 0 Å². The quantitative estimate of drug-likeness (QED) is 0.587. The third-order valence-electron chi connectivity index (χ3n) is 3.04. The molecule has 0 N–H and O–H groups in total. The van der Waals surface area contributed by atoms with Gasteiger partial charge in [0.1, 0.15) is 5.75 Å². The summed E-state index contributed by atoms with van der Waals surface area (Å²) in [5.41, 5.74) is 2.20. The zero-order chi connectivity index (χ0) is 11.8. The van der Waals surface area contributed by atoms with E-state index >= 15 is 0 Å². The molecule has 17 heavy (non-hydrogen) atoms. The minimum atomic E-state index is 0.908. The molecule has 0 unspecified atom stereocenters. The van der Waals surface area contributed by atoms with E-state index < -0.39 is 0 Å². The molecule has 2 aromatic carbocycles. The second-order valence-electron chi connectivity index (χ2n) is 4.20. The molecule has 0 atom stereocenters. The van der Waals surface area contributed by atoms with E-state index in [0.29, 0.717) is 0 Å². The van der Waals surface area contributed by atoms with Crippen molar-refractivity contribution in [3.8, 4) is 5.75 Å². The fraction of sp³-hybridized carbons (Fsp3) is 0.133. The summed E-state index contributed by atoms with van der Waals surface area (Å²) in [5.74, 6) is 0.908. The van der Waals surface area contributed by atoms with E-state index in [1.165, 1.54) is 16.3 Å². The van der Waals surface area contributed by atoms with E-state index in [4.69, 9.17) is 4.74 Å². The number of nitrogens with zero attached hydrogens (tertiary/aromatic N) is 1. The maximum atomic E-state index is 5.39. The van der Waals surface area contributed by atoms with Crippen molar-refractivity contribution < 1.29 is 4.74 Å². The van der Waals surface area contributed by atoms with Crippen LogP contribution < -0.4 is 4.74 Å². The lowest BCUT2D eigenvalue weighted by Gasteiger charge is -2.08. The van der Waals surface area contributed by atoms with Crippen molar-refractivity contribution in [2.75, 3.05) is 7.11 Å². The Morgan fingerprint density at radius 2 is 1.88 bits per heavy atom. The lowest BCUT2D eigenvalue weighted by atomic mass is 10.0. The molecule has 2 heteroatoms. The molecule has 0 aliphatic rings. The van der Waals surface area contributed by atoms with E-state index in [1.54, 1.807) is 7.11 Å². The minimum Gasteiger partial charge on any atom is -0.496 e. The topological polar surface area (TPSA) is 22.1 Å². The van der Waals surface area contributed by atoms with Gasteiger partial charge < -0.3 is 4.74 Å². The normalized spacial score (nSPS) is 10.9. The summed E-state index contributed by atoms with van der Waals surface area (Å²) < 4.78 is 5.39. The third kappa shape index (κ3) is 1.53. The van der Waals surface area contributed by atoms with Gasteiger partial charge in [0, 0.05) is 17.0 Å². The van der Waals surface area contributed by atoms with Crippen LogP contribution in [-0.2, 0) is 0 Å². The molecule has 0 saturated heterocycles. The Hall–Kier alpha value is -2.09. The van der Waals surface area contributed by atoms with Crippen molar-refractivity contribution in [2.24, 2.45) is 0 Å². The molecule has 3 aromatic rings. The third-order valence-corrected chi connectivity index (χ3v) is 3.04. The zero-order valence-electron chi connectivity index (χ0n) is 9.90. The molecule has 0 aliphatic carbocycles. The molecule has 0 spiro atoms. The number of aryl methyl sites for hydroxylation is 1. The van der Waals surface area contributed by atoms with Crippen LogP contribution in [0.3, 0.4) is 0 Å². The maximum absolute atomic E-state index is 5.39. The fourth-order valence-corrected chi connectivity index (χ4v) is 2.22. The maximum Gasteiger partial charge on any atom is 0.126 e. The van der Waals surface area contributed by atoms with Gasteiger partial charge in [0.2, 0.25) is 0 Å². The average Bonchev–Trinajstić information content (AvgIpc) is 2.37. The van der Waals surface area contributed by atoms with Crippen LogP contribution in [0, 0.1) is 6.92 Å². The predicted molar refractivity (Wildman–Crippen MR) is 70.5 cm³/mol.